The van der Waals surface area contributed by atoms with Crippen molar-refractivity contribution in [3.8, 4) is 5.75 Å². The number of hydrogen-bond acceptors (Lipinski definition) is 2. The zero-order valence-electron chi connectivity index (χ0n) is 10.5. The van der Waals surface area contributed by atoms with Gasteiger partial charge in [0.25, 0.3) is 0 Å². The Kier molecular flexibility index (Phi) is 4.81. The molecule has 2 heteroatoms. The minimum atomic E-state index is 0.270. The van der Waals surface area contributed by atoms with Crippen LogP contribution in [0.15, 0.2) is 18.2 Å². The molecular formula is C14H23NO. The van der Waals surface area contributed by atoms with Gasteiger partial charge in [-0.15, -0.1) is 0 Å². The summed E-state index contributed by atoms with van der Waals surface area (Å²) < 4.78 is 0. The second-order valence-corrected chi connectivity index (χ2v) is 4.70. The number of rotatable bonds is 5. The third kappa shape index (κ3) is 3.53. The molecule has 0 fully saturated rings. The number of hydrogen-bond donors (Lipinski definition) is 2. The maximum Gasteiger partial charge on any atom is 0.115 e. The van der Waals surface area contributed by atoms with Crippen LogP contribution in [0.1, 0.15) is 50.2 Å². The first-order chi connectivity index (χ1) is 7.54. The van der Waals surface area contributed by atoms with Crippen molar-refractivity contribution < 1.29 is 5.11 Å². The maximum absolute atomic E-state index is 9.39. The van der Waals surface area contributed by atoms with Gasteiger partial charge in [-0.05, 0) is 62.3 Å². The highest BCUT2D eigenvalue weighted by atomic mass is 16.3. The van der Waals surface area contributed by atoms with E-state index in [0.717, 1.165) is 19.3 Å². The highest BCUT2D eigenvalue weighted by Crippen LogP contribution is 2.29. The molecular weight excluding hydrogens is 198 g/mol. The number of phenols is 1. The zero-order chi connectivity index (χ0) is 12.1. The van der Waals surface area contributed by atoms with Crippen LogP contribution >= 0.6 is 0 Å². The van der Waals surface area contributed by atoms with Crippen LogP contribution < -0.4 is 5.73 Å². The summed E-state index contributed by atoms with van der Waals surface area (Å²) in [5.74, 6) is 0.912. The molecule has 90 valence electrons. The van der Waals surface area contributed by atoms with Gasteiger partial charge in [0.15, 0.2) is 0 Å². The van der Waals surface area contributed by atoms with Gasteiger partial charge in [0.1, 0.15) is 5.75 Å². The predicted octanol–water partition coefficient (Wildman–Crippen LogP) is 3.32. The van der Waals surface area contributed by atoms with E-state index in [2.05, 4.69) is 20.8 Å². The smallest absolute Gasteiger partial charge is 0.115 e. The number of aryl methyl sites for hydroxylation is 1. The normalized spacial score (nSPS) is 14.8. The van der Waals surface area contributed by atoms with Gasteiger partial charge in [-0.2, -0.15) is 0 Å². The Morgan fingerprint density at radius 1 is 1.31 bits per heavy atom. The van der Waals surface area contributed by atoms with Crippen molar-refractivity contribution in [2.75, 3.05) is 0 Å². The molecule has 0 radical (unpaired) electrons. The Morgan fingerprint density at radius 2 is 2.00 bits per heavy atom. The van der Waals surface area contributed by atoms with Gasteiger partial charge < -0.3 is 10.8 Å². The first-order valence-corrected chi connectivity index (χ1v) is 6.09. The Bertz CT molecular complexity index is 334. The van der Waals surface area contributed by atoms with E-state index in [4.69, 9.17) is 5.73 Å². The summed E-state index contributed by atoms with van der Waals surface area (Å²) >= 11 is 0. The molecule has 1 aromatic carbocycles. The summed E-state index contributed by atoms with van der Waals surface area (Å²) in [6, 6.07) is 5.92. The molecule has 0 saturated heterocycles. The standard InChI is InChI=1S/C14H23NO/c1-4-12(6-5-11(3)15)14-8-7-13(16)9-10(14)2/h7-9,11-12,16H,4-6,15H2,1-3H3. The van der Waals surface area contributed by atoms with Crippen LogP contribution in [-0.4, -0.2) is 11.1 Å². The Hall–Kier alpha value is -1.02. The summed E-state index contributed by atoms with van der Waals surface area (Å²) in [4.78, 5) is 0. The molecule has 0 spiro atoms. The van der Waals surface area contributed by atoms with Crippen LogP contribution in [0.5, 0.6) is 5.75 Å². The summed E-state index contributed by atoms with van der Waals surface area (Å²) in [5, 5.41) is 9.39. The zero-order valence-corrected chi connectivity index (χ0v) is 10.5. The first kappa shape index (κ1) is 13.0. The predicted molar refractivity (Wildman–Crippen MR) is 68.8 cm³/mol. The van der Waals surface area contributed by atoms with E-state index in [-0.39, 0.29) is 6.04 Å². The molecule has 2 unspecified atom stereocenters. The lowest BCUT2D eigenvalue weighted by Gasteiger charge is -2.19. The van der Waals surface area contributed by atoms with E-state index in [0.29, 0.717) is 11.7 Å². The van der Waals surface area contributed by atoms with Crippen molar-refractivity contribution in [1.29, 1.82) is 0 Å². The van der Waals surface area contributed by atoms with E-state index in [9.17, 15) is 5.11 Å². The number of phenolic OH excluding ortho intramolecular Hbond substituents is 1. The van der Waals surface area contributed by atoms with Gasteiger partial charge in [-0.3, -0.25) is 0 Å². The van der Waals surface area contributed by atoms with Gasteiger partial charge >= 0.3 is 0 Å². The highest BCUT2D eigenvalue weighted by Gasteiger charge is 2.12. The largest absolute Gasteiger partial charge is 0.508 e. The van der Waals surface area contributed by atoms with E-state index in [1.54, 1.807) is 6.07 Å². The molecule has 1 aromatic rings. The van der Waals surface area contributed by atoms with Gasteiger partial charge in [-0.25, -0.2) is 0 Å². The average molecular weight is 221 g/mol. The van der Waals surface area contributed by atoms with Gasteiger partial charge in [0.05, 0.1) is 0 Å². The molecule has 0 aromatic heterocycles. The number of nitrogens with two attached hydrogens (primary N) is 1. The minimum Gasteiger partial charge on any atom is -0.508 e. The number of benzene rings is 1. The maximum atomic E-state index is 9.39. The molecule has 0 amide bonds. The van der Waals surface area contributed by atoms with E-state index >= 15 is 0 Å². The van der Waals surface area contributed by atoms with Gasteiger partial charge in [0, 0.05) is 6.04 Å². The summed E-state index contributed by atoms with van der Waals surface area (Å²) in [6.45, 7) is 6.32. The van der Waals surface area contributed by atoms with E-state index < -0.39 is 0 Å². The second kappa shape index (κ2) is 5.90. The van der Waals surface area contributed by atoms with Crippen molar-refractivity contribution in [3.63, 3.8) is 0 Å². The quantitative estimate of drug-likeness (QED) is 0.801. The monoisotopic (exact) mass is 221 g/mol. The Labute approximate surface area is 98.5 Å². The summed E-state index contributed by atoms with van der Waals surface area (Å²) in [5.41, 5.74) is 8.32. The molecule has 0 heterocycles. The topological polar surface area (TPSA) is 46.2 Å². The second-order valence-electron chi connectivity index (χ2n) is 4.70. The minimum absolute atomic E-state index is 0.270. The average Bonchev–Trinajstić information content (AvgIpc) is 2.21. The van der Waals surface area contributed by atoms with Crippen molar-refractivity contribution in [2.45, 2.75) is 52.0 Å². The Morgan fingerprint density at radius 3 is 2.50 bits per heavy atom. The summed E-state index contributed by atoms with van der Waals surface area (Å²) in [7, 11) is 0. The van der Waals surface area contributed by atoms with E-state index in [1.807, 2.05) is 12.1 Å². The van der Waals surface area contributed by atoms with Crippen LogP contribution in [0.25, 0.3) is 0 Å². The van der Waals surface area contributed by atoms with Crippen molar-refractivity contribution in [3.05, 3.63) is 29.3 Å². The third-order valence-corrected chi connectivity index (χ3v) is 3.16. The molecule has 1 rings (SSSR count). The van der Waals surface area contributed by atoms with Crippen molar-refractivity contribution >= 4 is 0 Å². The van der Waals surface area contributed by atoms with Crippen molar-refractivity contribution in [2.24, 2.45) is 5.73 Å². The molecule has 16 heavy (non-hydrogen) atoms. The fourth-order valence-corrected chi connectivity index (χ4v) is 2.16. The van der Waals surface area contributed by atoms with Crippen LogP contribution in [0, 0.1) is 6.92 Å². The third-order valence-electron chi connectivity index (χ3n) is 3.16. The molecule has 0 bridgehead atoms. The van der Waals surface area contributed by atoms with Crippen LogP contribution in [-0.2, 0) is 0 Å². The molecule has 0 aliphatic carbocycles. The molecule has 2 atom stereocenters. The fraction of sp³-hybridized carbons (Fsp3) is 0.571. The number of aromatic hydroxyl groups is 1. The molecule has 0 aliphatic rings. The van der Waals surface area contributed by atoms with Gasteiger partial charge in [-0.1, -0.05) is 13.0 Å². The molecule has 2 nitrogen and oxygen atoms in total. The summed E-state index contributed by atoms with van der Waals surface area (Å²) in [6.07, 6.45) is 3.30. The van der Waals surface area contributed by atoms with Crippen LogP contribution in [0.4, 0.5) is 0 Å². The van der Waals surface area contributed by atoms with Gasteiger partial charge in [0.2, 0.25) is 0 Å². The molecule has 3 N–H and O–H groups in total. The SMILES string of the molecule is CCC(CCC(C)N)c1ccc(O)cc1C. The lowest BCUT2D eigenvalue weighted by Crippen LogP contribution is -2.16. The lowest BCUT2D eigenvalue weighted by molar-refractivity contribution is 0.473. The first-order valence-electron chi connectivity index (χ1n) is 6.09. The van der Waals surface area contributed by atoms with Crippen molar-refractivity contribution in [1.82, 2.24) is 0 Å². The fourth-order valence-electron chi connectivity index (χ4n) is 2.16. The highest BCUT2D eigenvalue weighted by molar-refractivity contribution is 5.36. The van der Waals surface area contributed by atoms with Crippen LogP contribution in [0.3, 0.4) is 0 Å². The van der Waals surface area contributed by atoms with Crippen LogP contribution in [0.2, 0.25) is 0 Å². The molecule has 0 saturated carbocycles. The van der Waals surface area contributed by atoms with E-state index in [1.165, 1.54) is 11.1 Å². The Balaban J connectivity index is 2.78. The lowest BCUT2D eigenvalue weighted by atomic mass is 9.88. The molecule has 0 aliphatic heterocycles.